The van der Waals surface area contributed by atoms with Gasteiger partial charge in [-0.15, -0.1) is 0 Å². The molecule has 0 aromatic heterocycles. The summed E-state index contributed by atoms with van der Waals surface area (Å²) < 4.78 is 11.8. The fraction of sp³-hybridized carbons (Fsp3) is 0.417. The first-order chi connectivity index (χ1) is 14.6. The summed E-state index contributed by atoms with van der Waals surface area (Å²) >= 11 is 3.38. The van der Waals surface area contributed by atoms with Crippen molar-refractivity contribution in [3.05, 3.63) is 58.6 Å². The Hall–Kier alpha value is -2.54. The molecule has 2 rings (SSSR count). The Labute approximate surface area is 193 Å². The highest BCUT2D eigenvalue weighted by Crippen LogP contribution is 2.19. The first-order valence-corrected chi connectivity index (χ1v) is 11.0. The minimum atomic E-state index is -0.609. The third kappa shape index (κ3) is 7.90. The molecule has 0 bridgehead atoms. The van der Waals surface area contributed by atoms with E-state index in [1.807, 2.05) is 64.1 Å². The van der Waals surface area contributed by atoms with Crippen LogP contribution in [0.1, 0.15) is 39.7 Å². The standard InChI is InChI=1S/C24H31BrN2O4/c1-6-21(23(29)26-24(2,3)4)27(15-17-7-11-19(30-5)12-8-17)22(28)16-31-20-13-9-18(25)10-14-20/h7-14,21H,6,15-16H2,1-5H3,(H,26,29). The van der Waals surface area contributed by atoms with Gasteiger partial charge in [0.05, 0.1) is 7.11 Å². The molecule has 0 aliphatic carbocycles. The summed E-state index contributed by atoms with van der Waals surface area (Å²) in [4.78, 5) is 27.7. The Bertz CT molecular complexity index is 861. The number of nitrogens with zero attached hydrogens (tertiary/aromatic N) is 1. The summed E-state index contributed by atoms with van der Waals surface area (Å²) in [6.45, 7) is 7.80. The number of hydrogen-bond acceptors (Lipinski definition) is 4. The fourth-order valence-electron chi connectivity index (χ4n) is 3.06. The van der Waals surface area contributed by atoms with Crippen LogP contribution in [-0.2, 0) is 16.1 Å². The quantitative estimate of drug-likeness (QED) is 0.559. The van der Waals surface area contributed by atoms with Crippen LogP contribution in [0.4, 0.5) is 0 Å². The van der Waals surface area contributed by atoms with Crippen LogP contribution in [0.15, 0.2) is 53.0 Å². The molecule has 0 saturated heterocycles. The molecule has 2 aromatic rings. The van der Waals surface area contributed by atoms with E-state index in [4.69, 9.17) is 9.47 Å². The van der Waals surface area contributed by atoms with Gasteiger partial charge in [0.2, 0.25) is 5.91 Å². The molecule has 31 heavy (non-hydrogen) atoms. The third-order valence-electron chi connectivity index (χ3n) is 4.57. The van der Waals surface area contributed by atoms with Gasteiger partial charge in [-0.1, -0.05) is 35.0 Å². The molecule has 2 aromatic carbocycles. The van der Waals surface area contributed by atoms with Crippen molar-refractivity contribution in [2.45, 2.75) is 52.2 Å². The van der Waals surface area contributed by atoms with Crippen molar-refractivity contribution < 1.29 is 19.1 Å². The van der Waals surface area contributed by atoms with Crippen LogP contribution in [0.2, 0.25) is 0 Å². The first-order valence-electron chi connectivity index (χ1n) is 10.3. The number of amides is 2. The second-order valence-electron chi connectivity index (χ2n) is 8.28. The zero-order valence-electron chi connectivity index (χ0n) is 18.8. The Morgan fingerprint density at radius 2 is 1.61 bits per heavy atom. The molecule has 6 nitrogen and oxygen atoms in total. The molecular weight excluding hydrogens is 460 g/mol. The molecule has 0 aliphatic heterocycles. The summed E-state index contributed by atoms with van der Waals surface area (Å²) in [6, 6.07) is 14.1. The number of carbonyl (C=O) groups excluding carboxylic acids is 2. The van der Waals surface area contributed by atoms with Crippen molar-refractivity contribution in [2.24, 2.45) is 0 Å². The van der Waals surface area contributed by atoms with Crippen LogP contribution in [-0.4, -0.2) is 42.0 Å². The van der Waals surface area contributed by atoms with Crippen molar-refractivity contribution in [3.8, 4) is 11.5 Å². The molecule has 0 radical (unpaired) electrons. The normalized spacial score (nSPS) is 12.1. The van der Waals surface area contributed by atoms with E-state index in [0.717, 1.165) is 15.8 Å². The molecule has 7 heteroatoms. The number of ether oxygens (including phenoxy) is 2. The van der Waals surface area contributed by atoms with E-state index < -0.39 is 11.6 Å². The number of rotatable bonds is 9. The van der Waals surface area contributed by atoms with Crippen LogP contribution in [0.25, 0.3) is 0 Å². The molecule has 1 unspecified atom stereocenters. The monoisotopic (exact) mass is 490 g/mol. The van der Waals surface area contributed by atoms with Crippen molar-refractivity contribution in [1.29, 1.82) is 0 Å². The molecule has 0 aliphatic rings. The SMILES string of the molecule is CCC(C(=O)NC(C)(C)C)N(Cc1ccc(OC)cc1)C(=O)COc1ccc(Br)cc1. The summed E-state index contributed by atoms with van der Waals surface area (Å²) in [6.07, 6.45) is 0.488. The lowest BCUT2D eigenvalue weighted by molar-refractivity contribution is -0.143. The molecule has 168 valence electrons. The van der Waals surface area contributed by atoms with Gasteiger partial charge < -0.3 is 19.7 Å². The van der Waals surface area contributed by atoms with Gasteiger partial charge in [-0.2, -0.15) is 0 Å². The van der Waals surface area contributed by atoms with Crippen LogP contribution in [0, 0.1) is 0 Å². The first kappa shape index (κ1) is 24.7. The molecule has 0 saturated carbocycles. The van der Waals surface area contributed by atoms with E-state index in [9.17, 15) is 9.59 Å². The van der Waals surface area contributed by atoms with E-state index in [2.05, 4.69) is 21.2 Å². The van der Waals surface area contributed by atoms with E-state index in [1.54, 1.807) is 24.1 Å². The van der Waals surface area contributed by atoms with E-state index in [-0.39, 0.29) is 18.4 Å². The molecular formula is C24H31BrN2O4. The molecule has 0 fully saturated rings. The van der Waals surface area contributed by atoms with Gasteiger partial charge in [0.15, 0.2) is 6.61 Å². The lowest BCUT2D eigenvalue weighted by Crippen LogP contribution is -2.54. The van der Waals surface area contributed by atoms with Crippen LogP contribution < -0.4 is 14.8 Å². The summed E-state index contributed by atoms with van der Waals surface area (Å²) in [5, 5.41) is 2.99. The average Bonchev–Trinajstić information content (AvgIpc) is 2.72. The Morgan fingerprint density at radius 3 is 2.13 bits per heavy atom. The summed E-state index contributed by atoms with van der Waals surface area (Å²) in [5.41, 5.74) is 0.507. The molecule has 0 heterocycles. The second kappa shape index (κ2) is 11.2. The van der Waals surface area contributed by atoms with Gasteiger partial charge in [-0.25, -0.2) is 0 Å². The maximum Gasteiger partial charge on any atom is 0.261 e. The van der Waals surface area contributed by atoms with Crippen molar-refractivity contribution >= 4 is 27.7 Å². The zero-order valence-corrected chi connectivity index (χ0v) is 20.4. The lowest BCUT2D eigenvalue weighted by Gasteiger charge is -2.33. The van der Waals surface area contributed by atoms with Crippen LogP contribution >= 0.6 is 15.9 Å². The molecule has 1 N–H and O–H groups in total. The van der Waals surface area contributed by atoms with Crippen molar-refractivity contribution in [2.75, 3.05) is 13.7 Å². The Morgan fingerprint density at radius 1 is 1.03 bits per heavy atom. The van der Waals surface area contributed by atoms with Gasteiger partial charge in [-0.3, -0.25) is 9.59 Å². The smallest absolute Gasteiger partial charge is 0.261 e. The summed E-state index contributed by atoms with van der Waals surface area (Å²) in [7, 11) is 1.61. The number of benzene rings is 2. The van der Waals surface area contributed by atoms with E-state index in [0.29, 0.717) is 18.7 Å². The highest BCUT2D eigenvalue weighted by atomic mass is 79.9. The minimum absolute atomic E-state index is 0.156. The molecule has 2 amide bonds. The summed E-state index contributed by atoms with van der Waals surface area (Å²) in [5.74, 6) is 0.890. The van der Waals surface area contributed by atoms with Gasteiger partial charge in [-0.05, 0) is 69.2 Å². The average molecular weight is 491 g/mol. The fourth-order valence-corrected chi connectivity index (χ4v) is 3.32. The Kier molecular flexibility index (Phi) is 8.92. The zero-order chi connectivity index (χ0) is 23.0. The largest absolute Gasteiger partial charge is 0.497 e. The van der Waals surface area contributed by atoms with Crippen LogP contribution in [0.3, 0.4) is 0 Å². The topological polar surface area (TPSA) is 67.9 Å². The van der Waals surface area contributed by atoms with Crippen molar-refractivity contribution in [3.63, 3.8) is 0 Å². The highest BCUT2D eigenvalue weighted by molar-refractivity contribution is 9.10. The van der Waals surface area contributed by atoms with Gasteiger partial charge in [0.25, 0.3) is 5.91 Å². The molecule has 1 atom stereocenters. The predicted molar refractivity (Wildman–Crippen MR) is 125 cm³/mol. The van der Waals surface area contributed by atoms with E-state index in [1.165, 1.54) is 0 Å². The maximum atomic E-state index is 13.2. The minimum Gasteiger partial charge on any atom is -0.497 e. The maximum absolute atomic E-state index is 13.2. The molecule has 0 spiro atoms. The highest BCUT2D eigenvalue weighted by Gasteiger charge is 2.30. The number of halogens is 1. The van der Waals surface area contributed by atoms with Gasteiger partial charge in [0.1, 0.15) is 17.5 Å². The third-order valence-corrected chi connectivity index (χ3v) is 5.10. The number of methoxy groups -OCH3 is 1. The van der Waals surface area contributed by atoms with Gasteiger partial charge >= 0.3 is 0 Å². The van der Waals surface area contributed by atoms with Gasteiger partial charge in [0, 0.05) is 16.6 Å². The predicted octanol–water partition coefficient (Wildman–Crippen LogP) is 4.56. The lowest BCUT2D eigenvalue weighted by atomic mass is 10.1. The van der Waals surface area contributed by atoms with E-state index >= 15 is 0 Å². The number of nitrogens with one attached hydrogen (secondary N) is 1. The second-order valence-corrected chi connectivity index (χ2v) is 9.19. The van der Waals surface area contributed by atoms with Crippen LogP contribution in [0.5, 0.6) is 11.5 Å². The Balaban J connectivity index is 2.22. The number of hydrogen-bond donors (Lipinski definition) is 1. The number of carbonyl (C=O) groups is 2. The van der Waals surface area contributed by atoms with Crippen molar-refractivity contribution in [1.82, 2.24) is 10.2 Å².